The maximum atomic E-state index is 6.69. The molecule has 0 radical (unpaired) electrons. The van der Waals surface area contributed by atoms with Gasteiger partial charge in [-0.15, -0.1) is 11.6 Å². The average molecular weight is 445 g/mol. The van der Waals surface area contributed by atoms with E-state index in [0.717, 1.165) is 17.9 Å². The van der Waals surface area contributed by atoms with E-state index in [9.17, 15) is 0 Å². The van der Waals surface area contributed by atoms with Gasteiger partial charge in [-0.05, 0) is 58.0 Å². The number of para-hydroxylation sites is 2. The van der Waals surface area contributed by atoms with E-state index in [2.05, 4.69) is 109 Å². The van der Waals surface area contributed by atoms with Crippen molar-refractivity contribution >= 4 is 17.2 Å². The average Bonchev–Trinajstić information content (AvgIpc) is 3.14. The second-order valence-corrected chi connectivity index (χ2v) is 9.50. The molecule has 3 aliphatic rings. The number of hydrogen-bond donors (Lipinski definition) is 0. The van der Waals surface area contributed by atoms with Crippen molar-refractivity contribution in [3.63, 3.8) is 0 Å². The molecule has 2 heteroatoms. The molecule has 1 nitrogen and oxygen atoms in total. The molecule has 1 unspecified atom stereocenters. The van der Waals surface area contributed by atoms with Crippen molar-refractivity contribution in [1.82, 2.24) is 0 Å². The Hall–Kier alpha value is -3.55. The predicted molar refractivity (Wildman–Crippen MR) is 135 cm³/mol. The fourth-order valence-electron chi connectivity index (χ4n) is 5.93. The highest BCUT2D eigenvalue weighted by molar-refractivity contribution is 6.23. The third-order valence-electron chi connectivity index (χ3n) is 7.26. The van der Waals surface area contributed by atoms with Crippen molar-refractivity contribution in [2.45, 2.75) is 17.2 Å². The van der Waals surface area contributed by atoms with E-state index in [0.29, 0.717) is 0 Å². The van der Waals surface area contributed by atoms with Crippen LogP contribution in [0.5, 0.6) is 11.5 Å². The van der Waals surface area contributed by atoms with Crippen LogP contribution in [0.1, 0.15) is 28.7 Å². The SMILES string of the molecule is ClC1C=CC2=C(C1)c1cc(-c3ccccc3)ccc1C21c2ccccc2Oc2ccccc21. The number of ether oxygens (including phenoxy) is 1. The zero-order valence-corrected chi connectivity index (χ0v) is 18.7. The van der Waals surface area contributed by atoms with Crippen LogP contribution in [0.25, 0.3) is 16.7 Å². The molecule has 1 spiro atoms. The summed E-state index contributed by atoms with van der Waals surface area (Å²) in [7, 11) is 0. The summed E-state index contributed by atoms with van der Waals surface area (Å²) in [5.74, 6) is 1.84. The molecule has 158 valence electrons. The van der Waals surface area contributed by atoms with E-state index in [1.807, 2.05) is 0 Å². The van der Waals surface area contributed by atoms with Crippen LogP contribution in [0.3, 0.4) is 0 Å². The van der Waals surface area contributed by atoms with Crippen molar-refractivity contribution in [2.24, 2.45) is 0 Å². The molecule has 0 aromatic heterocycles. The summed E-state index contributed by atoms with van der Waals surface area (Å²) in [5.41, 5.74) is 9.72. The summed E-state index contributed by atoms with van der Waals surface area (Å²) in [6, 6.07) is 34.5. The van der Waals surface area contributed by atoms with Gasteiger partial charge in [-0.2, -0.15) is 0 Å². The molecule has 1 atom stereocenters. The molecule has 4 aromatic carbocycles. The van der Waals surface area contributed by atoms with Crippen molar-refractivity contribution in [3.8, 4) is 22.6 Å². The van der Waals surface area contributed by atoms with Gasteiger partial charge in [0.2, 0.25) is 0 Å². The summed E-state index contributed by atoms with van der Waals surface area (Å²) in [6.45, 7) is 0. The minimum Gasteiger partial charge on any atom is -0.457 e. The van der Waals surface area contributed by atoms with Crippen LogP contribution in [0.2, 0.25) is 0 Å². The van der Waals surface area contributed by atoms with E-state index < -0.39 is 5.41 Å². The first kappa shape index (κ1) is 19.0. The molecule has 2 aliphatic carbocycles. The van der Waals surface area contributed by atoms with Gasteiger partial charge < -0.3 is 4.74 Å². The lowest BCUT2D eigenvalue weighted by atomic mass is 9.65. The van der Waals surface area contributed by atoms with Gasteiger partial charge >= 0.3 is 0 Å². The fourth-order valence-corrected chi connectivity index (χ4v) is 6.16. The molecule has 0 bridgehead atoms. The van der Waals surface area contributed by atoms with Gasteiger partial charge in [0.1, 0.15) is 11.5 Å². The Morgan fingerprint density at radius 2 is 1.36 bits per heavy atom. The number of rotatable bonds is 1. The van der Waals surface area contributed by atoms with Gasteiger partial charge in [-0.25, -0.2) is 0 Å². The molecule has 0 N–H and O–H groups in total. The molecular weight excluding hydrogens is 424 g/mol. The van der Waals surface area contributed by atoms with Crippen LogP contribution in [0.15, 0.2) is 115 Å². The Labute approximate surface area is 198 Å². The highest BCUT2D eigenvalue weighted by Crippen LogP contribution is 2.62. The topological polar surface area (TPSA) is 9.23 Å². The van der Waals surface area contributed by atoms with Crippen LogP contribution >= 0.6 is 11.6 Å². The molecule has 0 saturated heterocycles. The maximum absolute atomic E-state index is 6.69. The van der Waals surface area contributed by atoms with Crippen molar-refractivity contribution in [3.05, 3.63) is 137 Å². The Kier molecular flexibility index (Phi) is 4.01. The van der Waals surface area contributed by atoms with Crippen molar-refractivity contribution < 1.29 is 4.74 Å². The fraction of sp³-hybridized carbons (Fsp3) is 0.0968. The van der Waals surface area contributed by atoms with Crippen molar-refractivity contribution in [2.75, 3.05) is 0 Å². The highest BCUT2D eigenvalue weighted by atomic mass is 35.5. The van der Waals surface area contributed by atoms with Crippen LogP contribution in [0, 0.1) is 0 Å². The standard InChI is InChI=1S/C31H21ClO/c32-22-15-17-26-24(19-22)23-18-21(20-8-2-1-3-9-20)14-16-25(23)31(26)27-10-4-6-12-29(27)33-30-13-7-5-11-28(30)31/h1-18,22H,19H2. The summed E-state index contributed by atoms with van der Waals surface area (Å²) < 4.78 is 6.40. The third-order valence-corrected chi connectivity index (χ3v) is 7.56. The minimum atomic E-state index is -0.404. The highest BCUT2D eigenvalue weighted by Gasteiger charge is 2.52. The summed E-state index contributed by atoms with van der Waals surface area (Å²) >= 11 is 6.69. The van der Waals surface area contributed by atoms with Crippen molar-refractivity contribution in [1.29, 1.82) is 0 Å². The van der Waals surface area contributed by atoms with Gasteiger partial charge in [0.25, 0.3) is 0 Å². The molecule has 7 rings (SSSR count). The van der Waals surface area contributed by atoms with Gasteiger partial charge in [-0.3, -0.25) is 0 Å². The third kappa shape index (κ3) is 2.54. The Bertz CT molecular complexity index is 1430. The lowest BCUT2D eigenvalue weighted by Gasteiger charge is -2.40. The quantitative estimate of drug-likeness (QED) is 0.269. The first-order valence-electron chi connectivity index (χ1n) is 11.4. The molecule has 1 heterocycles. The summed E-state index contributed by atoms with van der Waals surface area (Å²) in [5, 5.41) is -0.00235. The Morgan fingerprint density at radius 1 is 0.697 bits per heavy atom. The van der Waals surface area contributed by atoms with Gasteiger partial charge in [0, 0.05) is 11.1 Å². The van der Waals surface area contributed by atoms with Gasteiger partial charge in [0.15, 0.2) is 0 Å². The zero-order valence-electron chi connectivity index (χ0n) is 18.0. The maximum Gasteiger partial charge on any atom is 0.132 e. The van der Waals surface area contributed by atoms with Crippen LogP contribution < -0.4 is 4.74 Å². The molecular formula is C31H21ClO. The van der Waals surface area contributed by atoms with E-state index in [1.54, 1.807) is 0 Å². The molecule has 33 heavy (non-hydrogen) atoms. The van der Waals surface area contributed by atoms with E-state index in [-0.39, 0.29) is 5.38 Å². The number of benzene rings is 4. The van der Waals surface area contributed by atoms with Crippen LogP contribution in [-0.4, -0.2) is 5.38 Å². The van der Waals surface area contributed by atoms with Gasteiger partial charge in [-0.1, -0.05) is 91.0 Å². The molecule has 1 aliphatic heterocycles. The summed E-state index contributed by atoms with van der Waals surface area (Å²) in [4.78, 5) is 0. The number of allylic oxidation sites excluding steroid dienone is 4. The van der Waals surface area contributed by atoms with Crippen LogP contribution in [0.4, 0.5) is 0 Å². The Balaban J connectivity index is 1.59. The summed E-state index contributed by atoms with van der Waals surface area (Å²) in [6.07, 6.45) is 5.23. The zero-order chi connectivity index (χ0) is 22.0. The van der Waals surface area contributed by atoms with E-state index >= 15 is 0 Å². The normalized spacial score (nSPS) is 18.9. The largest absolute Gasteiger partial charge is 0.457 e. The Morgan fingerprint density at radius 3 is 2.09 bits per heavy atom. The number of hydrogen-bond acceptors (Lipinski definition) is 1. The minimum absolute atomic E-state index is 0.00235. The molecule has 0 fully saturated rings. The first-order valence-corrected chi connectivity index (χ1v) is 11.8. The van der Waals surface area contributed by atoms with E-state index in [4.69, 9.17) is 16.3 Å². The van der Waals surface area contributed by atoms with E-state index in [1.165, 1.54) is 44.5 Å². The number of halogens is 1. The number of fused-ring (bicyclic) bond motifs is 8. The smallest absolute Gasteiger partial charge is 0.132 e. The lowest BCUT2D eigenvalue weighted by molar-refractivity contribution is 0.435. The lowest BCUT2D eigenvalue weighted by Crippen LogP contribution is -2.33. The predicted octanol–water partition coefficient (Wildman–Crippen LogP) is 8.13. The molecule has 0 saturated carbocycles. The first-order chi connectivity index (χ1) is 16.3. The number of alkyl halides is 1. The monoisotopic (exact) mass is 444 g/mol. The van der Waals surface area contributed by atoms with Crippen LogP contribution in [-0.2, 0) is 5.41 Å². The van der Waals surface area contributed by atoms with Gasteiger partial charge in [0.05, 0.1) is 10.8 Å². The second-order valence-electron chi connectivity index (χ2n) is 8.94. The molecule has 0 amide bonds. The second kappa shape index (κ2) is 6.97. The molecule has 4 aromatic rings.